The van der Waals surface area contributed by atoms with Gasteiger partial charge < -0.3 is 10.4 Å². The molecule has 0 radical (unpaired) electrons. The summed E-state index contributed by atoms with van der Waals surface area (Å²) in [5, 5.41) is 13.5. The largest absolute Gasteiger partial charge is 0.387 e. The van der Waals surface area contributed by atoms with Crippen molar-refractivity contribution in [2.24, 2.45) is 5.92 Å². The topological polar surface area (TPSA) is 32.3 Å². The molecule has 0 aliphatic heterocycles. The number of hydrogen-bond donors (Lipinski definition) is 2. The van der Waals surface area contributed by atoms with Crippen LogP contribution in [0.1, 0.15) is 50.3 Å². The molecule has 0 heterocycles. The number of benzene rings is 1. The normalized spacial score (nSPS) is 17.8. The minimum Gasteiger partial charge on any atom is -0.387 e. The highest BCUT2D eigenvalue weighted by Crippen LogP contribution is 2.20. The lowest BCUT2D eigenvalue weighted by atomic mass is 9.93. The van der Waals surface area contributed by atoms with E-state index >= 15 is 0 Å². The quantitative estimate of drug-likeness (QED) is 0.809. The van der Waals surface area contributed by atoms with Gasteiger partial charge in [-0.1, -0.05) is 44.5 Å². The van der Waals surface area contributed by atoms with Gasteiger partial charge in [-0.15, -0.1) is 0 Å². The summed E-state index contributed by atoms with van der Waals surface area (Å²) in [7, 11) is 0. The molecule has 100 valence electrons. The van der Waals surface area contributed by atoms with E-state index < -0.39 is 0 Å². The fourth-order valence-electron chi connectivity index (χ4n) is 2.36. The van der Waals surface area contributed by atoms with Crippen LogP contribution in [0.25, 0.3) is 0 Å². The lowest BCUT2D eigenvalue weighted by Crippen LogP contribution is -2.37. The van der Waals surface area contributed by atoms with E-state index in [0.29, 0.717) is 18.5 Å². The van der Waals surface area contributed by atoms with Crippen LogP contribution in [0.5, 0.6) is 0 Å². The summed E-state index contributed by atoms with van der Waals surface area (Å²) in [6, 6.07) is 9.04. The second kappa shape index (κ2) is 6.35. The second-order valence-corrected chi connectivity index (χ2v) is 5.89. The molecule has 1 saturated carbocycles. The summed E-state index contributed by atoms with van der Waals surface area (Å²) in [5.41, 5.74) is 2.38. The molecule has 1 aromatic rings. The molecule has 1 aromatic carbocycles. The first-order valence-electron chi connectivity index (χ1n) is 7.15. The molecule has 1 aliphatic carbocycles. The van der Waals surface area contributed by atoms with Crippen LogP contribution in [0.15, 0.2) is 24.3 Å². The number of aliphatic hydroxyl groups is 1. The lowest BCUT2D eigenvalue weighted by Gasteiger charge is -2.27. The minimum absolute atomic E-state index is 0.376. The molecule has 2 nitrogen and oxygen atoms in total. The molecule has 1 fully saturated rings. The van der Waals surface area contributed by atoms with Crippen molar-refractivity contribution in [1.82, 2.24) is 5.32 Å². The Morgan fingerprint density at radius 1 is 1.22 bits per heavy atom. The van der Waals surface area contributed by atoms with Gasteiger partial charge in [0.2, 0.25) is 0 Å². The molecular weight excluding hydrogens is 222 g/mol. The zero-order valence-corrected chi connectivity index (χ0v) is 11.5. The van der Waals surface area contributed by atoms with Gasteiger partial charge in [-0.2, -0.15) is 0 Å². The maximum absolute atomic E-state index is 10.1. The molecular formula is C16H25NO. The number of hydrogen-bond acceptors (Lipinski definition) is 2. The van der Waals surface area contributed by atoms with Gasteiger partial charge in [0.1, 0.15) is 0 Å². The molecule has 0 saturated heterocycles. The van der Waals surface area contributed by atoms with Crippen LogP contribution in [-0.4, -0.2) is 17.7 Å². The fraction of sp³-hybridized carbons (Fsp3) is 0.625. The first kappa shape index (κ1) is 13.6. The highest BCUT2D eigenvalue weighted by Gasteiger charge is 2.18. The van der Waals surface area contributed by atoms with Gasteiger partial charge in [0.05, 0.1) is 6.10 Å². The van der Waals surface area contributed by atoms with E-state index in [1.54, 1.807) is 0 Å². The van der Waals surface area contributed by atoms with Gasteiger partial charge in [-0.3, -0.25) is 0 Å². The molecule has 18 heavy (non-hydrogen) atoms. The van der Waals surface area contributed by atoms with E-state index in [-0.39, 0.29) is 6.10 Å². The smallest absolute Gasteiger partial charge is 0.0914 e. The van der Waals surface area contributed by atoms with Crippen LogP contribution in [0.4, 0.5) is 0 Å². The Kier molecular flexibility index (Phi) is 4.79. The van der Waals surface area contributed by atoms with Crippen molar-refractivity contribution < 1.29 is 5.11 Å². The second-order valence-electron chi connectivity index (χ2n) is 5.89. The van der Waals surface area contributed by atoms with Crippen LogP contribution in [0.2, 0.25) is 0 Å². The third-order valence-electron chi connectivity index (χ3n) is 3.71. The van der Waals surface area contributed by atoms with Crippen LogP contribution >= 0.6 is 0 Å². The first-order chi connectivity index (χ1) is 8.65. The third-order valence-corrected chi connectivity index (χ3v) is 3.71. The monoisotopic (exact) mass is 247 g/mol. The summed E-state index contributed by atoms with van der Waals surface area (Å²) in [5.74, 6) is 0.682. The number of aliphatic hydroxyl groups excluding tert-OH is 1. The molecule has 1 aliphatic rings. The summed E-state index contributed by atoms with van der Waals surface area (Å²) < 4.78 is 0. The van der Waals surface area contributed by atoms with Crippen molar-refractivity contribution >= 4 is 0 Å². The van der Waals surface area contributed by atoms with Crippen molar-refractivity contribution in [1.29, 1.82) is 0 Å². The Morgan fingerprint density at radius 3 is 2.39 bits per heavy atom. The van der Waals surface area contributed by atoms with Crippen molar-refractivity contribution in [2.75, 3.05) is 6.54 Å². The zero-order valence-electron chi connectivity index (χ0n) is 11.5. The fourth-order valence-corrected chi connectivity index (χ4v) is 2.36. The minimum atomic E-state index is -0.376. The van der Waals surface area contributed by atoms with Crippen LogP contribution in [0, 0.1) is 5.92 Å². The van der Waals surface area contributed by atoms with Gasteiger partial charge in [-0.25, -0.2) is 0 Å². The molecule has 0 aromatic heterocycles. The number of nitrogens with one attached hydrogen (secondary N) is 1. The van der Waals surface area contributed by atoms with Crippen LogP contribution < -0.4 is 5.32 Å². The van der Waals surface area contributed by atoms with E-state index in [4.69, 9.17) is 0 Å². The van der Waals surface area contributed by atoms with Crippen LogP contribution in [-0.2, 0) is 6.42 Å². The van der Waals surface area contributed by atoms with Gasteiger partial charge in [0, 0.05) is 12.6 Å². The molecule has 2 rings (SSSR count). The SMILES string of the molecule is CC(C)Cc1ccc(C(O)CNC2CCC2)cc1. The van der Waals surface area contributed by atoms with Crippen molar-refractivity contribution in [3.63, 3.8) is 0 Å². The maximum Gasteiger partial charge on any atom is 0.0914 e. The van der Waals surface area contributed by atoms with Crippen LogP contribution in [0.3, 0.4) is 0 Å². The van der Waals surface area contributed by atoms with Gasteiger partial charge in [0.15, 0.2) is 0 Å². The Balaban J connectivity index is 1.83. The predicted octanol–water partition coefficient (Wildman–Crippen LogP) is 3.06. The standard InChI is InChI=1S/C16H25NO/c1-12(2)10-13-6-8-14(9-7-13)16(18)11-17-15-4-3-5-15/h6-9,12,15-18H,3-5,10-11H2,1-2H3. The molecule has 0 amide bonds. The number of rotatable bonds is 6. The Bertz CT molecular complexity index is 354. The highest BCUT2D eigenvalue weighted by atomic mass is 16.3. The Hall–Kier alpha value is -0.860. The van der Waals surface area contributed by atoms with Gasteiger partial charge in [-0.05, 0) is 36.3 Å². The first-order valence-corrected chi connectivity index (χ1v) is 7.15. The summed E-state index contributed by atoms with van der Waals surface area (Å²) >= 11 is 0. The van der Waals surface area contributed by atoms with E-state index in [0.717, 1.165) is 12.0 Å². The average Bonchev–Trinajstić information content (AvgIpc) is 2.27. The van der Waals surface area contributed by atoms with E-state index in [9.17, 15) is 5.11 Å². The van der Waals surface area contributed by atoms with Gasteiger partial charge in [0.25, 0.3) is 0 Å². The highest BCUT2D eigenvalue weighted by molar-refractivity contribution is 5.24. The van der Waals surface area contributed by atoms with Crippen molar-refractivity contribution in [3.8, 4) is 0 Å². The average molecular weight is 247 g/mol. The molecule has 0 bridgehead atoms. The predicted molar refractivity (Wildman–Crippen MR) is 75.6 cm³/mol. The molecule has 1 unspecified atom stereocenters. The molecule has 2 heteroatoms. The molecule has 2 N–H and O–H groups in total. The van der Waals surface area contributed by atoms with E-state index in [1.165, 1.54) is 24.8 Å². The maximum atomic E-state index is 10.1. The summed E-state index contributed by atoms with van der Waals surface area (Å²) in [6.07, 6.45) is 4.59. The Labute approximate surface area is 110 Å². The summed E-state index contributed by atoms with van der Waals surface area (Å²) in [6.45, 7) is 5.13. The van der Waals surface area contributed by atoms with Gasteiger partial charge >= 0.3 is 0 Å². The van der Waals surface area contributed by atoms with E-state index in [1.807, 2.05) is 0 Å². The van der Waals surface area contributed by atoms with Crippen molar-refractivity contribution in [2.45, 2.75) is 51.7 Å². The molecule has 1 atom stereocenters. The van der Waals surface area contributed by atoms with Crippen molar-refractivity contribution in [3.05, 3.63) is 35.4 Å². The summed E-state index contributed by atoms with van der Waals surface area (Å²) in [4.78, 5) is 0. The van der Waals surface area contributed by atoms with E-state index in [2.05, 4.69) is 43.4 Å². The Morgan fingerprint density at radius 2 is 1.89 bits per heavy atom. The zero-order chi connectivity index (χ0) is 13.0. The molecule has 0 spiro atoms. The lowest BCUT2D eigenvalue weighted by molar-refractivity contribution is 0.161. The third kappa shape index (κ3) is 3.82.